The van der Waals surface area contributed by atoms with E-state index in [9.17, 15) is 8.42 Å². The lowest BCUT2D eigenvalue weighted by Gasteiger charge is -2.23. The summed E-state index contributed by atoms with van der Waals surface area (Å²) in [5, 5.41) is 4.76. The van der Waals surface area contributed by atoms with Gasteiger partial charge in [0.05, 0.1) is 15.5 Å². The number of anilines is 1. The molecule has 6 heteroatoms. The predicted molar refractivity (Wildman–Crippen MR) is 112 cm³/mol. The lowest BCUT2D eigenvalue weighted by molar-refractivity contribution is 0.503. The molecule has 2 aliphatic heterocycles. The lowest BCUT2D eigenvalue weighted by Crippen LogP contribution is -2.32. The Morgan fingerprint density at radius 1 is 1.11 bits per heavy atom. The fourth-order valence-electron chi connectivity index (χ4n) is 4.93. The van der Waals surface area contributed by atoms with Crippen molar-refractivity contribution < 1.29 is 8.42 Å². The number of para-hydroxylation sites is 1. The largest absolute Gasteiger partial charge is 0.377 e. The van der Waals surface area contributed by atoms with E-state index in [1.165, 1.54) is 17.7 Å². The van der Waals surface area contributed by atoms with Crippen LogP contribution in [0, 0.1) is 0 Å². The molecular weight excluding hydrogens is 370 g/mol. The summed E-state index contributed by atoms with van der Waals surface area (Å²) in [4.78, 5) is 2.56. The number of aryl methyl sites for hydroxylation is 1. The second-order valence-corrected chi connectivity index (χ2v) is 10.1. The van der Waals surface area contributed by atoms with Crippen molar-refractivity contribution in [2.75, 3.05) is 19.0 Å². The monoisotopic (exact) mass is 395 g/mol. The van der Waals surface area contributed by atoms with E-state index < -0.39 is 9.84 Å². The Morgan fingerprint density at radius 2 is 1.89 bits per heavy atom. The molecule has 2 aromatic carbocycles. The Balaban J connectivity index is 1.71. The van der Waals surface area contributed by atoms with E-state index in [1.54, 1.807) is 18.2 Å². The van der Waals surface area contributed by atoms with Gasteiger partial charge in [0, 0.05) is 56.2 Å². The van der Waals surface area contributed by atoms with Crippen molar-refractivity contribution in [3.63, 3.8) is 0 Å². The first-order chi connectivity index (χ1) is 13.4. The quantitative estimate of drug-likeness (QED) is 0.738. The van der Waals surface area contributed by atoms with Crippen molar-refractivity contribution in [2.24, 2.45) is 7.05 Å². The van der Waals surface area contributed by atoms with Crippen LogP contribution < -0.4 is 10.2 Å². The minimum Gasteiger partial charge on any atom is -0.377 e. The van der Waals surface area contributed by atoms with E-state index in [0.29, 0.717) is 27.6 Å². The number of hydrogen-bond donors (Lipinski definition) is 1. The van der Waals surface area contributed by atoms with Gasteiger partial charge in [-0.05, 0) is 48.7 Å². The molecule has 0 saturated carbocycles. The van der Waals surface area contributed by atoms with E-state index in [4.69, 9.17) is 0 Å². The third-order valence-corrected chi connectivity index (χ3v) is 8.11. The van der Waals surface area contributed by atoms with E-state index in [-0.39, 0.29) is 0 Å². The van der Waals surface area contributed by atoms with Crippen molar-refractivity contribution in [1.29, 1.82) is 0 Å². The number of nitrogens with one attached hydrogen (secondary N) is 1. The number of sulfone groups is 1. The molecule has 28 heavy (non-hydrogen) atoms. The fraction of sp³-hybridized carbons (Fsp3) is 0.364. The molecule has 3 aromatic rings. The van der Waals surface area contributed by atoms with Gasteiger partial charge >= 0.3 is 0 Å². The Labute approximate surface area is 165 Å². The number of rotatable bonds is 3. The van der Waals surface area contributed by atoms with Gasteiger partial charge in [-0.3, -0.25) is 0 Å². The molecule has 2 unspecified atom stereocenters. The summed E-state index contributed by atoms with van der Waals surface area (Å²) in [6.45, 7) is 0. The van der Waals surface area contributed by atoms with Gasteiger partial charge in [-0.15, -0.1) is 0 Å². The standard InChI is InChI=1S/C22H25N3O2S/c1-24(2)19-6-4-5-7-21(19)28(26,27)15-9-11-18-16(13-15)22-17-10-8-14(23-17)12-20(22)25(18)3/h4-7,9,11,13-14,17,23H,8,10,12H2,1-3H3. The van der Waals surface area contributed by atoms with Crippen LogP contribution in [0.2, 0.25) is 0 Å². The van der Waals surface area contributed by atoms with Crippen molar-refractivity contribution >= 4 is 26.4 Å². The first-order valence-electron chi connectivity index (χ1n) is 9.76. The molecule has 3 heterocycles. The second-order valence-electron chi connectivity index (χ2n) is 8.16. The zero-order chi connectivity index (χ0) is 19.6. The van der Waals surface area contributed by atoms with Crippen LogP contribution in [0.4, 0.5) is 5.69 Å². The SMILES string of the molecule is CN(C)c1ccccc1S(=O)(=O)c1ccc2c(c1)c1c(n2C)CC2CCC1N2. The van der Waals surface area contributed by atoms with Crippen LogP contribution in [-0.2, 0) is 23.3 Å². The molecular formula is C22H25N3O2S. The highest BCUT2D eigenvalue weighted by Crippen LogP contribution is 2.42. The first kappa shape index (κ1) is 17.8. The van der Waals surface area contributed by atoms with Crippen LogP contribution in [0.15, 0.2) is 52.3 Å². The smallest absolute Gasteiger partial charge is 0.208 e. The maximum atomic E-state index is 13.5. The number of hydrogen-bond acceptors (Lipinski definition) is 4. The molecule has 1 fully saturated rings. The molecule has 1 saturated heterocycles. The zero-order valence-electron chi connectivity index (χ0n) is 16.4. The Bertz CT molecular complexity index is 1190. The molecule has 0 amide bonds. The maximum absolute atomic E-state index is 13.5. The van der Waals surface area contributed by atoms with E-state index in [1.807, 2.05) is 43.3 Å². The van der Waals surface area contributed by atoms with Crippen LogP contribution in [-0.4, -0.2) is 33.1 Å². The molecule has 2 atom stereocenters. The molecule has 5 nitrogen and oxygen atoms in total. The normalized spacial score (nSPS) is 21.1. The molecule has 5 rings (SSSR count). The molecule has 146 valence electrons. The Morgan fingerprint density at radius 3 is 2.68 bits per heavy atom. The minimum absolute atomic E-state index is 0.337. The number of benzene rings is 2. The summed E-state index contributed by atoms with van der Waals surface area (Å²) in [6, 6.07) is 13.7. The van der Waals surface area contributed by atoms with E-state index in [2.05, 4.69) is 16.9 Å². The molecule has 2 aliphatic rings. The first-order valence-corrected chi connectivity index (χ1v) is 11.2. The van der Waals surface area contributed by atoms with Gasteiger partial charge in [0.2, 0.25) is 9.84 Å². The van der Waals surface area contributed by atoms with E-state index >= 15 is 0 Å². The number of nitrogens with zero attached hydrogens (tertiary/aromatic N) is 2. The summed E-state index contributed by atoms with van der Waals surface area (Å²) >= 11 is 0. The second kappa shape index (κ2) is 6.09. The molecule has 0 radical (unpaired) electrons. The summed E-state index contributed by atoms with van der Waals surface area (Å²) in [5.74, 6) is 0. The van der Waals surface area contributed by atoms with Crippen LogP contribution in [0.3, 0.4) is 0 Å². The highest BCUT2D eigenvalue weighted by atomic mass is 32.2. The summed E-state index contributed by atoms with van der Waals surface area (Å²) in [7, 11) is 2.23. The molecule has 1 aromatic heterocycles. The molecule has 0 aliphatic carbocycles. The van der Waals surface area contributed by atoms with Crippen LogP contribution in [0.5, 0.6) is 0 Å². The van der Waals surface area contributed by atoms with Crippen molar-refractivity contribution in [2.45, 2.75) is 41.1 Å². The number of fused-ring (bicyclic) bond motifs is 6. The maximum Gasteiger partial charge on any atom is 0.208 e. The average Bonchev–Trinajstić information content (AvgIpc) is 3.20. The van der Waals surface area contributed by atoms with Crippen molar-refractivity contribution in [3.8, 4) is 0 Å². The van der Waals surface area contributed by atoms with Crippen LogP contribution in [0.1, 0.15) is 30.1 Å². The summed E-state index contributed by atoms with van der Waals surface area (Å²) in [5.41, 5.74) is 4.46. The Hall–Kier alpha value is -2.31. The van der Waals surface area contributed by atoms with Gasteiger partial charge < -0.3 is 14.8 Å². The number of aromatic nitrogens is 1. The van der Waals surface area contributed by atoms with E-state index in [0.717, 1.165) is 23.7 Å². The molecule has 2 bridgehead atoms. The third-order valence-electron chi connectivity index (χ3n) is 6.31. The van der Waals surface area contributed by atoms with Crippen molar-refractivity contribution in [3.05, 3.63) is 53.7 Å². The highest BCUT2D eigenvalue weighted by Gasteiger charge is 2.36. The topological polar surface area (TPSA) is 54.3 Å². The molecule has 0 spiro atoms. The van der Waals surface area contributed by atoms with Crippen LogP contribution in [0.25, 0.3) is 10.9 Å². The fourth-order valence-corrected chi connectivity index (χ4v) is 6.49. The van der Waals surface area contributed by atoms with Gasteiger partial charge in [-0.2, -0.15) is 0 Å². The highest BCUT2D eigenvalue weighted by molar-refractivity contribution is 7.91. The third kappa shape index (κ3) is 2.44. The Kier molecular flexibility index (Phi) is 3.87. The lowest BCUT2D eigenvalue weighted by atomic mass is 9.99. The van der Waals surface area contributed by atoms with Gasteiger partial charge in [0.25, 0.3) is 0 Å². The van der Waals surface area contributed by atoms with Gasteiger partial charge in [-0.1, -0.05) is 12.1 Å². The summed E-state index contributed by atoms with van der Waals surface area (Å²) in [6.07, 6.45) is 3.33. The van der Waals surface area contributed by atoms with Gasteiger partial charge in [-0.25, -0.2) is 8.42 Å². The van der Waals surface area contributed by atoms with Gasteiger partial charge in [0.1, 0.15) is 0 Å². The van der Waals surface area contributed by atoms with Crippen LogP contribution >= 0.6 is 0 Å². The predicted octanol–water partition coefficient (Wildman–Crippen LogP) is 3.43. The van der Waals surface area contributed by atoms with Crippen molar-refractivity contribution in [1.82, 2.24) is 9.88 Å². The van der Waals surface area contributed by atoms with Gasteiger partial charge in [0.15, 0.2) is 0 Å². The molecule has 1 N–H and O–H groups in total. The summed E-state index contributed by atoms with van der Waals surface area (Å²) < 4.78 is 29.2. The average molecular weight is 396 g/mol. The minimum atomic E-state index is -3.61. The zero-order valence-corrected chi connectivity index (χ0v) is 17.3.